The highest BCUT2D eigenvalue weighted by Crippen LogP contribution is 2.13. The van der Waals surface area contributed by atoms with Gasteiger partial charge in [0.2, 0.25) is 0 Å². The molecule has 76 valence electrons. The number of hydrogen-bond donors (Lipinski definition) is 0. The van der Waals surface area contributed by atoms with E-state index in [2.05, 4.69) is 5.16 Å². The maximum absolute atomic E-state index is 11.5. The second kappa shape index (κ2) is 3.96. The number of carbonyl (C=O) groups is 1. The van der Waals surface area contributed by atoms with Gasteiger partial charge in [0.25, 0.3) is 0 Å². The lowest BCUT2D eigenvalue weighted by atomic mass is 10.2. The van der Waals surface area contributed by atoms with Gasteiger partial charge in [-0.15, -0.1) is 0 Å². The van der Waals surface area contributed by atoms with Crippen LogP contribution in [0.5, 0.6) is 5.95 Å². The number of nitrogens with zero attached hydrogens (tertiary/aromatic N) is 1. The van der Waals surface area contributed by atoms with Gasteiger partial charge in [0, 0.05) is 6.07 Å². The summed E-state index contributed by atoms with van der Waals surface area (Å²) in [6.45, 7) is 1.75. The molecule has 0 aliphatic carbocycles. The van der Waals surface area contributed by atoms with Crippen molar-refractivity contribution in [2.24, 2.45) is 0 Å². The normalized spacial score (nSPS) is 9.93. The van der Waals surface area contributed by atoms with Crippen molar-refractivity contribution in [3.05, 3.63) is 47.7 Å². The zero-order valence-corrected chi connectivity index (χ0v) is 8.14. The van der Waals surface area contributed by atoms with Crippen LogP contribution < -0.4 is 4.74 Å². The first kappa shape index (κ1) is 9.45. The molecule has 0 bridgehead atoms. The van der Waals surface area contributed by atoms with Crippen molar-refractivity contribution < 1.29 is 14.1 Å². The first-order valence-corrected chi connectivity index (χ1v) is 4.46. The molecule has 0 fully saturated rings. The summed E-state index contributed by atoms with van der Waals surface area (Å²) in [7, 11) is 0. The van der Waals surface area contributed by atoms with Crippen molar-refractivity contribution in [3.63, 3.8) is 0 Å². The minimum absolute atomic E-state index is 0.112. The van der Waals surface area contributed by atoms with Crippen molar-refractivity contribution in [1.82, 2.24) is 5.16 Å². The van der Waals surface area contributed by atoms with Crippen LogP contribution in [0.4, 0.5) is 0 Å². The topological polar surface area (TPSA) is 52.3 Å². The number of hydrogen-bond acceptors (Lipinski definition) is 4. The lowest BCUT2D eigenvalue weighted by molar-refractivity contribution is 0.0680. The monoisotopic (exact) mass is 203 g/mol. The molecule has 15 heavy (non-hydrogen) atoms. The molecular weight excluding hydrogens is 194 g/mol. The molecular formula is C11H9NO3. The second-order valence-electron chi connectivity index (χ2n) is 3.04. The van der Waals surface area contributed by atoms with E-state index in [4.69, 9.17) is 9.26 Å². The molecule has 0 atom stereocenters. The Hall–Kier alpha value is -2.10. The second-order valence-corrected chi connectivity index (χ2v) is 3.04. The van der Waals surface area contributed by atoms with E-state index in [-0.39, 0.29) is 5.95 Å². The molecule has 0 saturated carbocycles. The predicted molar refractivity (Wildman–Crippen MR) is 52.6 cm³/mol. The Morgan fingerprint density at radius 3 is 2.67 bits per heavy atom. The van der Waals surface area contributed by atoms with Crippen LogP contribution in [0.25, 0.3) is 0 Å². The van der Waals surface area contributed by atoms with Gasteiger partial charge in [-0.3, -0.25) is 0 Å². The van der Waals surface area contributed by atoms with Crippen molar-refractivity contribution in [2.45, 2.75) is 6.92 Å². The summed E-state index contributed by atoms with van der Waals surface area (Å²) in [6.07, 6.45) is 0. The molecule has 0 saturated heterocycles. The summed E-state index contributed by atoms with van der Waals surface area (Å²) in [5.41, 5.74) is 1.15. The molecule has 1 aromatic heterocycles. The Bertz CT molecular complexity index is 462. The maximum Gasteiger partial charge on any atom is 0.345 e. The lowest BCUT2D eigenvalue weighted by Crippen LogP contribution is -2.07. The van der Waals surface area contributed by atoms with Crippen molar-refractivity contribution in [2.75, 3.05) is 0 Å². The van der Waals surface area contributed by atoms with Crippen LogP contribution in [-0.4, -0.2) is 11.1 Å². The molecule has 0 N–H and O–H groups in total. The van der Waals surface area contributed by atoms with Crippen molar-refractivity contribution >= 4 is 5.97 Å². The highest BCUT2D eigenvalue weighted by Gasteiger charge is 2.10. The fraction of sp³-hybridized carbons (Fsp3) is 0.0909. The molecule has 0 unspecified atom stereocenters. The van der Waals surface area contributed by atoms with Gasteiger partial charge in [-0.2, -0.15) is 0 Å². The van der Waals surface area contributed by atoms with Gasteiger partial charge in [-0.05, 0) is 19.1 Å². The Balaban J connectivity index is 2.11. The average Bonchev–Trinajstić information content (AvgIpc) is 2.65. The number of aryl methyl sites for hydroxylation is 1. The maximum atomic E-state index is 11.5. The molecule has 0 amide bonds. The molecule has 4 heteroatoms. The molecule has 2 rings (SSSR count). The Labute approximate surface area is 86.5 Å². The quantitative estimate of drug-likeness (QED) is 0.702. The van der Waals surface area contributed by atoms with Gasteiger partial charge in [-0.1, -0.05) is 23.4 Å². The summed E-state index contributed by atoms with van der Waals surface area (Å²) in [4.78, 5) is 11.5. The summed E-state index contributed by atoms with van der Waals surface area (Å²) in [6, 6.07) is 10.3. The minimum atomic E-state index is -0.452. The van der Waals surface area contributed by atoms with Gasteiger partial charge in [-0.25, -0.2) is 4.79 Å². The Kier molecular flexibility index (Phi) is 2.49. The van der Waals surface area contributed by atoms with E-state index in [1.54, 1.807) is 37.3 Å². The summed E-state index contributed by atoms with van der Waals surface area (Å²) in [5, 5.41) is 3.61. The minimum Gasteiger partial charge on any atom is -0.387 e. The number of carbonyl (C=O) groups excluding carboxylic acids is 1. The largest absolute Gasteiger partial charge is 0.387 e. The molecule has 0 radical (unpaired) electrons. The van der Waals surface area contributed by atoms with E-state index in [0.717, 1.165) is 0 Å². The van der Waals surface area contributed by atoms with Crippen LogP contribution in [-0.2, 0) is 0 Å². The number of benzene rings is 1. The zero-order valence-electron chi connectivity index (χ0n) is 8.14. The third-order valence-electron chi connectivity index (χ3n) is 1.81. The number of aromatic nitrogens is 1. The van der Waals surface area contributed by atoms with E-state index in [0.29, 0.717) is 11.3 Å². The van der Waals surface area contributed by atoms with Crippen LogP contribution in [0.1, 0.15) is 16.1 Å². The number of ether oxygens (including phenoxy) is 1. The van der Waals surface area contributed by atoms with Crippen molar-refractivity contribution in [3.8, 4) is 5.95 Å². The van der Waals surface area contributed by atoms with E-state index in [1.165, 1.54) is 0 Å². The van der Waals surface area contributed by atoms with E-state index >= 15 is 0 Å². The van der Waals surface area contributed by atoms with Gasteiger partial charge in [0.15, 0.2) is 0 Å². The summed E-state index contributed by atoms with van der Waals surface area (Å²) < 4.78 is 9.72. The molecule has 0 aliphatic heterocycles. The zero-order chi connectivity index (χ0) is 10.7. The van der Waals surface area contributed by atoms with Crippen LogP contribution in [0.15, 0.2) is 40.9 Å². The van der Waals surface area contributed by atoms with Gasteiger partial charge >= 0.3 is 11.9 Å². The summed E-state index contributed by atoms with van der Waals surface area (Å²) in [5.74, 6) is -0.340. The van der Waals surface area contributed by atoms with E-state index < -0.39 is 5.97 Å². The first-order chi connectivity index (χ1) is 7.25. The Morgan fingerprint density at radius 2 is 2.07 bits per heavy atom. The third kappa shape index (κ3) is 2.22. The molecule has 4 nitrogen and oxygen atoms in total. The van der Waals surface area contributed by atoms with Crippen LogP contribution >= 0.6 is 0 Å². The SMILES string of the molecule is Cc1cc(OC(=O)c2ccccc2)on1. The molecule has 2 aromatic rings. The van der Waals surface area contributed by atoms with Crippen LogP contribution in [0.2, 0.25) is 0 Å². The fourth-order valence-corrected chi connectivity index (χ4v) is 1.11. The standard InChI is InChI=1S/C11H9NO3/c1-8-7-10(15-12-8)14-11(13)9-5-3-2-4-6-9/h2-7H,1H3. The van der Waals surface area contributed by atoms with E-state index in [1.807, 2.05) is 6.07 Å². The van der Waals surface area contributed by atoms with Crippen LogP contribution in [0, 0.1) is 6.92 Å². The predicted octanol–water partition coefficient (Wildman–Crippen LogP) is 2.20. The van der Waals surface area contributed by atoms with Crippen LogP contribution in [0.3, 0.4) is 0 Å². The lowest BCUT2D eigenvalue weighted by Gasteiger charge is -1.98. The summed E-state index contributed by atoms with van der Waals surface area (Å²) >= 11 is 0. The molecule has 1 heterocycles. The van der Waals surface area contributed by atoms with Gasteiger partial charge in [0.05, 0.1) is 11.3 Å². The first-order valence-electron chi connectivity index (χ1n) is 4.46. The highest BCUT2D eigenvalue weighted by atomic mass is 16.6. The average molecular weight is 203 g/mol. The smallest absolute Gasteiger partial charge is 0.345 e. The molecule has 0 aliphatic rings. The number of rotatable bonds is 2. The molecule has 1 aromatic carbocycles. The van der Waals surface area contributed by atoms with Gasteiger partial charge in [0.1, 0.15) is 0 Å². The third-order valence-corrected chi connectivity index (χ3v) is 1.81. The van der Waals surface area contributed by atoms with Gasteiger partial charge < -0.3 is 9.26 Å². The number of esters is 1. The fourth-order valence-electron chi connectivity index (χ4n) is 1.11. The Morgan fingerprint density at radius 1 is 1.33 bits per heavy atom. The highest BCUT2D eigenvalue weighted by molar-refractivity contribution is 5.90. The molecule has 0 spiro atoms. The van der Waals surface area contributed by atoms with E-state index in [9.17, 15) is 4.79 Å². The van der Waals surface area contributed by atoms with Crippen molar-refractivity contribution in [1.29, 1.82) is 0 Å².